The highest BCUT2D eigenvalue weighted by atomic mass is 19.1. The molecule has 0 aromatic rings. The van der Waals surface area contributed by atoms with Crippen LogP contribution in [0.2, 0.25) is 0 Å². The van der Waals surface area contributed by atoms with Gasteiger partial charge in [-0.05, 0) is 19.3 Å². The molecule has 0 aromatic heterocycles. The number of rotatable bonds is 14. The minimum absolute atomic E-state index is 0.211. The van der Waals surface area contributed by atoms with Gasteiger partial charge in [-0.15, -0.1) is 0 Å². The number of unbranched alkanes of at least 4 members (excludes halogenated alkanes) is 9. The molecular formula is C15H30FO. The van der Waals surface area contributed by atoms with E-state index in [1.165, 1.54) is 44.9 Å². The van der Waals surface area contributed by atoms with Crippen LogP contribution in [0.4, 0.5) is 4.39 Å². The van der Waals surface area contributed by atoms with E-state index in [1.54, 1.807) is 0 Å². The Labute approximate surface area is 107 Å². The van der Waals surface area contributed by atoms with E-state index in [0.29, 0.717) is 6.42 Å². The summed E-state index contributed by atoms with van der Waals surface area (Å²) >= 11 is 0. The van der Waals surface area contributed by atoms with Crippen molar-refractivity contribution in [2.24, 2.45) is 0 Å². The van der Waals surface area contributed by atoms with E-state index < -0.39 is 0 Å². The first-order valence-corrected chi connectivity index (χ1v) is 7.34. The van der Waals surface area contributed by atoms with E-state index in [0.717, 1.165) is 32.5 Å². The molecule has 0 atom stereocenters. The van der Waals surface area contributed by atoms with Crippen LogP contribution in [-0.4, -0.2) is 19.9 Å². The van der Waals surface area contributed by atoms with Crippen molar-refractivity contribution in [3.05, 3.63) is 6.92 Å². The number of ether oxygens (including phenoxy) is 1. The second-order valence-electron chi connectivity index (χ2n) is 4.69. The smallest absolute Gasteiger partial charge is 0.0895 e. The van der Waals surface area contributed by atoms with Crippen molar-refractivity contribution in [1.82, 2.24) is 0 Å². The molecule has 17 heavy (non-hydrogen) atoms. The van der Waals surface area contributed by atoms with Crippen molar-refractivity contribution >= 4 is 0 Å². The first kappa shape index (κ1) is 16.9. The van der Waals surface area contributed by atoms with Gasteiger partial charge in [-0.2, -0.15) is 0 Å². The zero-order valence-corrected chi connectivity index (χ0v) is 11.4. The SMILES string of the molecule is [CH2]CCCCCCCCCCOCCCCF. The molecule has 0 aliphatic rings. The molecule has 0 rings (SSSR count). The quantitative estimate of drug-likeness (QED) is 0.387. The van der Waals surface area contributed by atoms with Crippen LogP contribution in [0.15, 0.2) is 0 Å². The standard InChI is InChI=1S/C15H30FO/c1-2-3-4-5-6-7-8-9-11-14-17-15-12-10-13-16/h1-15H2. The number of alkyl halides is 1. The molecule has 0 heterocycles. The highest BCUT2D eigenvalue weighted by Gasteiger charge is 1.93. The van der Waals surface area contributed by atoms with Crippen molar-refractivity contribution in [3.63, 3.8) is 0 Å². The Balaban J connectivity index is 2.85. The Bertz CT molecular complexity index is 114. The van der Waals surface area contributed by atoms with Gasteiger partial charge in [0, 0.05) is 13.2 Å². The minimum atomic E-state index is -0.211. The fourth-order valence-electron chi connectivity index (χ4n) is 1.84. The lowest BCUT2D eigenvalue weighted by molar-refractivity contribution is 0.124. The van der Waals surface area contributed by atoms with Gasteiger partial charge in [0.05, 0.1) is 6.67 Å². The molecule has 0 spiro atoms. The number of hydrogen-bond donors (Lipinski definition) is 0. The Morgan fingerprint density at radius 3 is 1.65 bits per heavy atom. The molecule has 0 unspecified atom stereocenters. The third-order valence-electron chi connectivity index (χ3n) is 2.96. The van der Waals surface area contributed by atoms with Crippen molar-refractivity contribution in [2.45, 2.75) is 70.6 Å². The van der Waals surface area contributed by atoms with Crippen LogP contribution in [0.1, 0.15) is 70.6 Å². The maximum Gasteiger partial charge on any atom is 0.0895 e. The predicted octanol–water partition coefficient (Wildman–Crippen LogP) is 5.10. The monoisotopic (exact) mass is 245 g/mol. The number of hydrogen-bond acceptors (Lipinski definition) is 1. The predicted molar refractivity (Wildman–Crippen MR) is 72.9 cm³/mol. The van der Waals surface area contributed by atoms with Crippen LogP contribution in [0.3, 0.4) is 0 Å². The van der Waals surface area contributed by atoms with E-state index in [2.05, 4.69) is 6.92 Å². The zero-order valence-electron chi connectivity index (χ0n) is 11.4. The topological polar surface area (TPSA) is 9.23 Å². The molecule has 0 aromatic carbocycles. The zero-order chi connectivity index (χ0) is 12.6. The molecule has 1 nitrogen and oxygen atoms in total. The summed E-state index contributed by atoms with van der Waals surface area (Å²) in [5.74, 6) is 0. The van der Waals surface area contributed by atoms with E-state index >= 15 is 0 Å². The minimum Gasteiger partial charge on any atom is -0.381 e. The summed E-state index contributed by atoms with van der Waals surface area (Å²) < 4.78 is 17.2. The lowest BCUT2D eigenvalue weighted by Gasteiger charge is -2.03. The Morgan fingerprint density at radius 1 is 0.647 bits per heavy atom. The molecule has 0 aliphatic carbocycles. The van der Waals surface area contributed by atoms with E-state index in [1.807, 2.05) is 0 Å². The molecule has 1 radical (unpaired) electrons. The van der Waals surface area contributed by atoms with Crippen LogP contribution in [0, 0.1) is 6.92 Å². The van der Waals surface area contributed by atoms with E-state index in [-0.39, 0.29) is 6.67 Å². The largest absolute Gasteiger partial charge is 0.381 e. The third-order valence-corrected chi connectivity index (χ3v) is 2.96. The van der Waals surface area contributed by atoms with Crippen molar-refractivity contribution in [3.8, 4) is 0 Å². The first-order valence-electron chi connectivity index (χ1n) is 7.34. The highest BCUT2D eigenvalue weighted by molar-refractivity contribution is 4.48. The molecule has 0 aliphatic heterocycles. The maximum absolute atomic E-state index is 11.8. The Morgan fingerprint density at radius 2 is 1.12 bits per heavy atom. The van der Waals surface area contributed by atoms with Gasteiger partial charge < -0.3 is 4.74 Å². The Hall–Kier alpha value is -0.110. The van der Waals surface area contributed by atoms with Gasteiger partial charge in [0.25, 0.3) is 0 Å². The highest BCUT2D eigenvalue weighted by Crippen LogP contribution is 2.09. The number of halogens is 1. The molecule has 0 saturated carbocycles. The summed E-state index contributed by atoms with van der Waals surface area (Å²) in [6, 6.07) is 0. The average molecular weight is 245 g/mol. The van der Waals surface area contributed by atoms with Crippen LogP contribution in [0.25, 0.3) is 0 Å². The van der Waals surface area contributed by atoms with Gasteiger partial charge >= 0.3 is 0 Å². The van der Waals surface area contributed by atoms with Crippen molar-refractivity contribution in [1.29, 1.82) is 0 Å². The summed E-state index contributed by atoms with van der Waals surface area (Å²) in [6.45, 7) is 5.22. The Kier molecular flexibility index (Phi) is 15.8. The molecule has 0 bridgehead atoms. The van der Waals surface area contributed by atoms with Gasteiger partial charge in [-0.1, -0.05) is 58.3 Å². The van der Waals surface area contributed by atoms with Crippen LogP contribution < -0.4 is 0 Å². The van der Waals surface area contributed by atoms with Gasteiger partial charge in [0.15, 0.2) is 0 Å². The molecule has 103 valence electrons. The van der Waals surface area contributed by atoms with Crippen LogP contribution in [-0.2, 0) is 4.74 Å². The normalized spacial score (nSPS) is 10.9. The van der Waals surface area contributed by atoms with E-state index in [4.69, 9.17) is 4.74 Å². The van der Waals surface area contributed by atoms with Crippen molar-refractivity contribution < 1.29 is 9.13 Å². The lowest BCUT2D eigenvalue weighted by atomic mass is 10.1. The summed E-state index contributed by atoms with van der Waals surface area (Å²) in [5, 5.41) is 0. The van der Waals surface area contributed by atoms with Gasteiger partial charge in [-0.3, -0.25) is 4.39 Å². The van der Waals surface area contributed by atoms with Crippen LogP contribution >= 0.6 is 0 Å². The molecule has 2 heteroatoms. The summed E-state index contributed by atoms with van der Waals surface area (Å²) in [5.41, 5.74) is 0. The van der Waals surface area contributed by atoms with Gasteiger partial charge in [-0.25, -0.2) is 0 Å². The summed E-state index contributed by atoms with van der Waals surface area (Å²) in [4.78, 5) is 0. The van der Waals surface area contributed by atoms with Crippen LogP contribution in [0.5, 0.6) is 0 Å². The third kappa shape index (κ3) is 15.9. The first-order chi connectivity index (χ1) is 8.41. The fraction of sp³-hybridized carbons (Fsp3) is 0.933. The molecule has 0 fully saturated rings. The second kappa shape index (κ2) is 15.9. The molecule has 0 N–H and O–H groups in total. The molecule has 0 amide bonds. The molecular weight excluding hydrogens is 215 g/mol. The summed E-state index contributed by atoms with van der Waals surface area (Å²) in [7, 11) is 0. The summed E-state index contributed by atoms with van der Waals surface area (Å²) in [6.07, 6.45) is 13.1. The average Bonchev–Trinajstić information content (AvgIpc) is 2.35. The fourth-order valence-corrected chi connectivity index (χ4v) is 1.84. The van der Waals surface area contributed by atoms with Gasteiger partial charge in [0.2, 0.25) is 0 Å². The second-order valence-corrected chi connectivity index (χ2v) is 4.69. The maximum atomic E-state index is 11.8. The van der Waals surface area contributed by atoms with Crippen molar-refractivity contribution in [2.75, 3.05) is 19.9 Å². The van der Waals surface area contributed by atoms with Gasteiger partial charge in [0.1, 0.15) is 0 Å². The lowest BCUT2D eigenvalue weighted by Crippen LogP contribution is -1.97. The molecule has 0 saturated heterocycles. The van der Waals surface area contributed by atoms with E-state index in [9.17, 15) is 4.39 Å².